The molecule has 0 rings (SSSR count). The van der Waals surface area contributed by atoms with Crippen molar-refractivity contribution in [3.05, 3.63) is 0 Å². The SMILES string of the molecule is C/N=C\CPC. The van der Waals surface area contributed by atoms with Gasteiger partial charge < -0.3 is 4.99 Å². The van der Waals surface area contributed by atoms with E-state index in [2.05, 4.69) is 11.7 Å². The van der Waals surface area contributed by atoms with Gasteiger partial charge in [0.05, 0.1) is 0 Å². The molecule has 0 aliphatic rings. The third-order valence-corrected chi connectivity index (χ3v) is 1.07. The van der Waals surface area contributed by atoms with Crippen molar-refractivity contribution in [1.82, 2.24) is 0 Å². The molecule has 36 valence electrons. The molecule has 0 aromatic heterocycles. The highest BCUT2D eigenvalue weighted by atomic mass is 31.1. The molecule has 0 spiro atoms. The Morgan fingerprint density at radius 1 is 1.83 bits per heavy atom. The molecule has 0 aliphatic carbocycles. The van der Waals surface area contributed by atoms with Gasteiger partial charge in [0.1, 0.15) is 0 Å². The molecule has 0 saturated carbocycles. The molecular formula is C4H10NP. The first kappa shape index (κ1) is 6.10. The highest BCUT2D eigenvalue weighted by molar-refractivity contribution is 7.38. The Hall–Kier alpha value is 0.100. The van der Waals surface area contributed by atoms with Crippen LogP contribution in [0.3, 0.4) is 0 Å². The lowest BCUT2D eigenvalue weighted by molar-refractivity contribution is 1.46. The van der Waals surface area contributed by atoms with Crippen molar-refractivity contribution >= 4 is 14.8 Å². The monoisotopic (exact) mass is 103 g/mol. The van der Waals surface area contributed by atoms with Crippen LogP contribution in [0.2, 0.25) is 0 Å². The maximum Gasteiger partial charge on any atom is 0.0273 e. The summed E-state index contributed by atoms with van der Waals surface area (Å²) in [5.41, 5.74) is 0. The smallest absolute Gasteiger partial charge is 0.0273 e. The van der Waals surface area contributed by atoms with Crippen molar-refractivity contribution < 1.29 is 0 Å². The van der Waals surface area contributed by atoms with Crippen LogP contribution < -0.4 is 0 Å². The van der Waals surface area contributed by atoms with Crippen molar-refractivity contribution in [2.75, 3.05) is 19.9 Å². The first-order chi connectivity index (χ1) is 2.91. The van der Waals surface area contributed by atoms with Gasteiger partial charge in [0.25, 0.3) is 0 Å². The fraction of sp³-hybridized carbons (Fsp3) is 0.750. The summed E-state index contributed by atoms with van der Waals surface area (Å²) in [5, 5.41) is 0. The summed E-state index contributed by atoms with van der Waals surface area (Å²) in [5.74, 6) is 0. The van der Waals surface area contributed by atoms with Gasteiger partial charge in [0, 0.05) is 13.3 Å². The van der Waals surface area contributed by atoms with Gasteiger partial charge >= 0.3 is 0 Å². The maximum absolute atomic E-state index is 3.81. The third-order valence-electron chi connectivity index (χ3n) is 0.478. The number of hydrogen-bond acceptors (Lipinski definition) is 1. The molecule has 0 heterocycles. The average molecular weight is 103 g/mol. The molecule has 0 bridgehead atoms. The van der Waals surface area contributed by atoms with Crippen molar-refractivity contribution in [3.8, 4) is 0 Å². The van der Waals surface area contributed by atoms with E-state index in [-0.39, 0.29) is 0 Å². The van der Waals surface area contributed by atoms with Crippen molar-refractivity contribution in [1.29, 1.82) is 0 Å². The lowest BCUT2D eigenvalue weighted by Crippen LogP contribution is -1.71. The molecule has 1 unspecified atom stereocenters. The summed E-state index contributed by atoms with van der Waals surface area (Å²) in [7, 11) is 2.82. The average Bonchev–Trinajstić information content (AvgIpc) is 1.61. The van der Waals surface area contributed by atoms with E-state index in [0.29, 0.717) is 0 Å². The fourth-order valence-corrected chi connectivity index (χ4v) is 0.548. The zero-order chi connectivity index (χ0) is 4.83. The van der Waals surface area contributed by atoms with Crippen LogP contribution in [-0.2, 0) is 0 Å². The van der Waals surface area contributed by atoms with Crippen LogP contribution in [0.15, 0.2) is 4.99 Å². The quantitative estimate of drug-likeness (QED) is 0.365. The van der Waals surface area contributed by atoms with E-state index in [9.17, 15) is 0 Å². The summed E-state index contributed by atoms with van der Waals surface area (Å²) in [6.07, 6.45) is 3.09. The Morgan fingerprint density at radius 3 is 2.67 bits per heavy atom. The minimum atomic E-state index is 1.02. The van der Waals surface area contributed by atoms with E-state index in [1.807, 2.05) is 6.21 Å². The lowest BCUT2D eigenvalue weighted by atomic mass is 10.9. The Labute approximate surface area is 40.6 Å². The second kappa shape index (κ2) is 5.10. The second-order valence-corrected chi connectivity index (χ2v) is 2.11. The first-order valence-corrected chi connectivity index (χ1v) is 3.67. The van der Waals surface area contributed by atoms with Crippen molar-refractivity contribution in [2.45, 2.75) is 0 Å². The molecule has 1 nitrogen and oxygen atoms in total. The molecule has 1 atom stereocenters. The minimum Gasteiger partial charge on any atom is -0.300 e. The van der Waals surface area contributed by atoms with Crippen LogP contribution in [0.1, 0.15) is 0 Å². The summed E-state index contributed by atoms with van der Waals surface area (Å²) in [6, 6.07) is 0. The molecular weight excluding hydrogens is 93.0 g/mol. The predicted octanol–water partition coefficient (Wildman–Crippen LogP) is 0.995. The van der Waals surface area contributed by atoms with Crippen LogP contribution in [0.25, 0.3) is 0 Å². The van der Waals surface area contributed by atoms with Gasteiger partial charge in [-0.05, 0) is 12.8 Å². The molecule has 6 heavy (non-hydrogen) atoms. The highest BCUT2D eigenvalue weighted by Gasteiger charge is 1.65. The van der Waals surface area contributed by atoms with E-state index >= 15 is 0 Å². The Kier molecular flexibility index (Phi) is 5.18. The molecule has 0 aromatic rings. The van der Waals surface area contributed by atoms with E-state index in [1.54, 1.807) is 7.05 Å². The van der Waals surface area contributed by atoms with Gasteiger partial charge in [-0.3, -0.25) is 0 Å². The maximum atomic E-state index is 3.81. The highest BCUT2D eigenvalue weighted by Crippen LogP contribution is 1.95. The molecule has 2 heteroatoms. The number of rotatable bonds is 2. The molecule has 0 N–H and O–H groups in total. The zero-order valence-corrected chi connectivity index (χ0v) is 5.23. The van der Waals surface area contributed by atoms with Gasteiger partial charge in [-0.2, -0.15) is 0 Å². The molecule has 0 radical (unpaired) electrons. The minimum absolute atomic E-state index is 1.02. The number of hydrogen-bond donors (Lipinski definition) is 0. The van der Waals surface area contributed by atoms with Crippen LogP contribution in [-0.4, -0.2) is 26.1 Å². The number of nitrogens with zero attached hydrogens (tertiary/aromatic N) is 1. The standard InChI is InChI=1S/C4H10NP/c1-5-3-4-6-2/h3,6H,4H2,1-2H3/b5-3-. The van der Waals surface area contributed by atoms with Crippen molar-refractivity contribution in [3.63, 3.8) is 0 Å². The van der Waals surface area contributed by atoms with Gasteiger partial charge in [0.15, 0.2) is 0 Å². The predicted molar refractivity (Wildman–Crippen MR) is 33.5 cm³/mol. The van der Waals surface area contributed by atoms with Crippen LogP contribution in [0.5, 0.6) is 0 Å². The van der Waals surface area contributed by atoms with E-state index in [4.69, 9.17) is 0 Å². The second-order valence-electron chi connectivity index (χ2n) is 0.998. The van der Waals surface area contributed by atoms with Gasteiger partial charge in [-0.15, -0.1) is 8.58 Å². The molecule has 0 amide bonds. The number of aliphatic imine (C=N–C) groups is 1. The molecule has 0 saturated heterocycles. The Bertz CT molecular complexity index is 42.8. The zero-order valence-electron chi connectivity index (χ0n) is 4.23. The van der Waals surface area contributed by atoms with Gasteiger partial charge in [-0.1, -0.05) is 0 Å². The topological polar surface area (TPSA) is 12.4 Å². The summed E-state index contributed by atoms with van der Waals surface area (Å²) >= 11 is 0. The Balaban J connectivity index is 2.66. The lowest BCUT2D eigenvalue weighted by Gasteiger charge is -1.76. The van der Waals surface area contributed by atoms with Gasteiger partial charge in [0.2, 0.25) is 0 Å². The van der Waals surface area contributed by atoms with Gasteiger partial charge in [-0.25, -0.2) is 0 Å². The van der Waals surface area contributed by atoms with E-state index in [0.717, 1.165) is 14.7 Å². The molecule has 0 fully saturated rings. The Morgan fingerprint density at radius 2 is 2.50 bits per heavy atom. The van der Waals surface area contributed by atoms with Crippen LogP contribution in [0.4, 0.5) is 0 Å². The first-order valence-electron chi connectivity index (χ1n) is 1.97. The molecule has 0 aliphatic heterocycles. The van der Waals surface area contributed by atoms with Crippen molar-refractivity contribution in [2.24, 2.45) is 4.99 Å². The van der Waals surface area contributed by atoms with Crippen LogP contribution in [0, 0.1) is 0 Å². The summed E-state index contributed by atoms with van der Waals surface area (Å²) in [6.45, 7) is 2.17. The summed E-state index contributed by atoms with van der Waals surface area (Å²) < 4.78 is 0. The summed E-state index contributed by atoms with van der Waals surface area (Å²) in [4.78, 5) is 3.81. The normalized spacial score (nSPS) is 12.3. The van der Waals surface area contributed by atoms with Crippen LogP contribution >= 0.6 is 8.58 Å². The van der Waals surface area contributed by atoms with E-state index < -0.39 is 0 Å². The van der Waals surface area contributed by atoms with E-state index in [1.165, 1.54) is 0 Å². The molecule has 0 aromatic carbocycles. The third kappa shape index (κ3) is 4.10. The largest absolute Gasteiger partial charge is 0.300 e. The fourth-order valence-electron chi connectivity index (χ4n) is 0.183.